The lowest BCUT2D eigenvalue weighted by molar-refractivity contribution is 1.18. The number of aromatic nitrogens is 2. The molecule has 0 atom stereocenters. The van der Waals surface area contributed by atoms with E-state index in [2.05, 4.69) is 192 Å². The number of benzene rings is 8. The molecule has 0 amide bonds. The maximum absolute atomic E-state index is 2.44. The smallest absolute Gasteiger partial charge is 0.0541 e. The summed E-state index contributed by atoms with van der Waals surface area (Å²) in [5, 5.41) is 7.71. The van der Waals surface area contributed by atoms with E-state index in [1.807, 2.05) is 11.3 Å². The molecule has 52 heavy (non-hydrogen) atoms. The van der Waals surface area contributed by atoms with Gasteiger partial charge in [0, 0.05) is 53.1 Å². The Morgan fingerprint density at radius 2 is 0.865 bits per heavy atom. The Balaban J connectivity index is 1.07. The number of rotatable bonds is 4. The molecular weight excluding hydrogens is 649 g/mol. The zero-order chi connectivity index (χ0) is 34.3. The van der Waals surface area contributed by atoms with Crippen LogP contribution in [0.15, 0.2) is 176 Å². The maximum atomic E-state index is 2.44. The fourth-order valence-electron chi connectivity index (χ4n) is 8.39. The number of hydrogen-bond acceptors (Lipinski definition) is 1. The van der Waals surface area contributed by atoms with Crippen LogP contribution in [0.25, 0.3) is 97.4 Å². The van der Waals surface area contributed by atoms with Crippen LogP contribution in [-0.4, -0.2) is 9.13 Å². The van der Waals surface area contributed by atoms with Gasteiger partial charge in [0.15, 0.2) is 0 Å². The van der Waals surface area contributed by atoms with Gasteiger partial charge in [-0.25, -0.2) is 0 Å². The molecule has 11 rings (SSSR count). The van der Waals surface area contributed by atoms with Crippen molar-refractivity contribution in [3.63, 3.8) is 0 Å². The molecule has 0 radical (unpaired) electrons. The van der Waals surface area contributed by atoms with Crippen LogP contribution < -0.4 is 0 Å². The Morgan fingerprint density at radius 3 is 1.56 bits per heavy atom. The van der Waals surface area contributed by atoms with Gasteiger partial charge in [0.2, 0.25) is 0 Å². The topological polar surface area (TPSA) is 9.86 Å². The molecule has 3 aromatic heterocycles. The third-order valence-electron chi connectivity index (χ3n) is 10.9. The monoisotopic (exact) mass is 680 g/mol. The van der Waals surface area contributed by atoms with Gasteiger partial charge in [0.05, 0.1) is 22.1 Å². The number of thiophene rings is 1. The Kier molecular flexibility index (Phi) is 6.37. The molecule has 244 valence electrons. The third kappa shape index (κ3) is 4.36. The fraction of sp³-hybridized carbons (Fsp3) is 0.0204. The largest absolute Gasteiger partial charge is 0.309 e. The van der Waals surface area contributed by atoms with Crippen molar-refractivity contribution in [1.82, 2.24) is 9.13 Å². The van der Waals surface area contributed by atoms with Crippen molar-refractivity contribution in [2.24, 2.45) is 0 Å². The first-order chi connectivity index (χ1) is 25.7. The number of para-hydroxylation sites is 3. The van der Waals surface area contributed by atoms with Crippen molar-refractivity contribution in [3.8, 4) is 33.6 Å². The summed E-state index contributed by atoms with van der Waals surface area (Å²) in [5.41, 5.74) is 13.4. The van der Waals surface area contributed by atoms with Gasteiger partial charge in [0.1, 0.15) is 0 Å². The van der Waals surface area contributed by atoms with Gasteiger partial charge in [-0.3, -0.25) is 0 Å². The van der Waals surface area contributed by atoms with Gasteiger partial charge in [-0.2, -0.15) is 0 Å². The molecule has 3 heteroatoms. The lowest BCUT2D eigenvalue weighted by Gasteiger charge is -2.13. The zero-order valence-corrected chi connectivity index (χ0v) is 29.4. The lowest BCUT2D eigenvalue weighted by atomic mass is 9.98. The van der Waals surface area contributed by atoms with Crippen molar-refractivity contribution in [2.75, 3.05) is 0 Å². The second kappa shape index (κ2) is 11.3. The molecule has 0 aliphatic carbocycles. The van der Waals surface area contributed by atoms with E-state index >= 15 is 0 Å². The summed E-state index contributed by atoms with van der Waals surface area (Å²) in [6, 6.07) is 64.8. The average Bonchev–Trinajstić information content (AvgIpc) is 3.85. The number of aryl methyl sites for hydroxylation is 1. The van der Waals surface area contributed by atoms with Gasteiger partial charge >= 0.3 is 0 Å². The van der Waals surface area contributed by atoms with E-state index in [1.54, 1.807) is 0 Å². The molecular formula is C49H32N2S. The van der Waals surface area contributed by atoms with E-state index in [1.165, 1.54) is 103 Å². The molecule has 0 bridgehead atoms. The molecule has 0 unspecified atom stereocenters. The van der Waals surface area contributed by atoms with Gasteiger partial charge < -0.3 is 9.13 Å². The van der Waals surface area contributed by atoms with Crippen molar-refractivity contribution in [3.05, 3.63) is 181 Å². The normalized spacial score (nSPS) is 11.9. The molecule has 0 aliphatic rings. The maximum Gasteiger partial charge on any atom is 0.0541 e. The minimum absolute atomic E-state index is 1.17. The Hall–Kier alpha value is -6.42. The van der Waals surface area contributed by atoms with E-state index in [0.717, 1.165) is 0 Å². The second-order valence-corrected chi connectivity index (χ2v) is 14.9. The summed E-state index contributed by atoms with van der Waals surface area (Å²) in [7, 11) is 0. The molecule has 11 aromatic rings. The molecule has 2 nitrogen and oxygen atoms in total. The van der Waals surface area contributed by atoms with E-state index in [0.29, 0.717) is 0 Å². The molecule has 0 saturated heterocycles. The summed E-state index contributed by atoms with van der Waals surface area (Å²) < 4.78 is 7.48. The summed E-state index contributed by atoms with van der Waals surface area (Å²) in [6.07, 6.45) is 0. The van der Waals surface area contributed by atoms with Crippen LogP contribution in [0, 0.1) is 6.92 Å². The van der Waals surface area contributed by atoms with Crippen molar-refractivity contribution in [2.45, 2.75) is 6.92 Å². The van der Waals surface area contributed by atoms with E-state index < -0.39 is 0 Å². The quantitative estimate of drug-likeness (QED) is 0.175. The minimum Gasteiger partial charge on any atom is -0.309 e. The predicted octanol–water partition coefficient (Wildman–Crippen LogP) is 13.9. The van der Waals surface area contributed by atoms with Crippen molar-refractivity contribution >= 4 is 75.1 Å². The van der Waals surface area contributed by atoms with Crippen LogP contribution >= 0.6 is 11.3 Å². The highest BCUT2D eigenvalue weighted by Gasteiger charge is 2.17. The van der Waals surface area contributed by atoms with Crippen LogP contribution in [0.5, 0.6) is 0 Å². The average molecular weight is 681 g/mol. The molecule has 3 heterocycles. The predicted molar refractivity (Wildman–Crippen MR) is 224 cm³/mol. The third-order valence-corrected chi connectivity index (χ3v) is 12.0. The number of hydrogen-bond donors (Lipinski definition) is 0. The molecule has 0 aliphatic heterocycles. The number of nitrogens with zero attached hydrogens (tertiary/aromatic N) is 2. The minimum atomic E-state index is 1.17. The molecule has 0 saturated carbocycles. The van der Waals surface area contributed by atoms with Crippen LogP contribution in [0.2, 0.25) is 0 Å². The Bertz CT molecular complexity index is 3190. The summed E-state index contributed by atoms with van der Waals surface area (Å²) in [5.74, 6) is 0. The SMILES string of the molecule is Cc1ccc(-n2c3ccccc3c3cc(-c4ccc5c(c4)c4ccccc4n5-c4ccccc4)ccc32)cc1-c1ccc2sc3ccccc3c2c1. The first-order valence-corrected chi connectivity index (χ1v) is 18.7. The van der Waals surface area contributed by atoms with Crippen molar-refractivity contribution in [1.29, 1.82) is 0 Å². The van der Waals surface area contributed by atoms with E-state index in [4.69, 9.17) is 0 Å². The summed E-state index contributed by atoms with van der Waals surface area (Å²) in [6.45, 7) is 2.22. The van der Waals surface area contributed by atoms with Gasteiger partial charge in [-0.05, 0) is 114 Å². The van der Waals surface area contributed by atoms with Crippen molar-refractivity contribution < 1.29 is 0 Å². The molecule has 0 N–H and O–H groups in total. The Morgan fingerprint density at radius 1 is 0.346 bits per heavy atom. The highest BCUT2D eigenvalue weighted by Crippen LogP contribution is 2.40. The van der Waals surface area contributed by atoms with Gasteiger partial charge in [-0.15, -0.1) is 11.3 Å². The number of fused-ring (bicyclic) bond motifs is 9. The molecule has 0 fully saturated rings. The lowest BCUT2D eigenvalue weighted by Crippen LogP contribution is -1.95. The van der Waals surface area contributed by atoms with E-state index in [9.17, 15) is 0 Å². The highest BCUT2D eigenvalue weighted by molar-refractivity contribution is 7.25. The van der Waals surface area contributed by atoms with E-state index in [-0.39, 0.29) is 0 Å². The first kappa shape index (κ1) is 29.3. The standard InChI is InChI=1S/C49H32N2S/c1-31-19-23-36(30-40(31)34-22-26-49-43(29-34)39-15-7-10-18-48(39)52-49)51-45-17-9-6-14-38(45)42-28-33(21-25-47(42)51)32-20-24-46-41(27-32)37-13-5-8-16-44(37)50(46)35-11-3-2-4-12-35/h2-30H,1H3. The second-order valence-electron chi connectivity index (χ2n) is 13.8. The highest BCUT2D eigenvalue weighted by atomic mass is 32.1. The van der Waals surface area contributed by atoms with Gasteiger partial charge in [-0.1, -0.05) is 97.1 Å². The fourth-order valence-corrected chi connectivity index (χ4v) is 9.48. The zero-order valence-electron chi connectivity index (χ0n) is 28.5. The van der Waals surface area contributed by atoms with Crippen LogP contribution in [0.3, 0.4) is 0 Å². The summed E-state index contributed by atoms with van der Waals surface area (Å²) in [4.78, 5) is 0. The van der Waals surface area contributed by atoms with Crippen LogP contribution in [0.1, 0.15) is 5.56 Å². The molecule has 8 aromatic carbocycles. The first-order valence-electron chi connectivity index (χ1n) is 17.8. The van der Waals surface area contributed by atoms with Crippen LogP contribution in [0.4, 0.5) is 0 Å². The summed E-state index contributed by atoms with van der Waals surface area (Å²) >= 11 is 1.87. The van der Waals surface area contributed by atoms with Gasteiger partial charge in [0.25, 0.3) is 0 Å². The Labute approximate surface area is 305 Å². The van der Waals surface area contributed by atoms with Crippen LogP contribution in [-0.2, 0) is 0 Å². The molecule has 0 spiro atoms.